The van der Waals surface area contributed by atoms with Crippen molar-refractivity contribution in [1.29, 1.82) is 0 Å². The van der Waals surface area contributed by atoms with Crippen molar-refractivity contribution in [3.63, 3.8) is 0 Å². The first kappa shape index (κ1) is 31.8. The number of amides is 1. The molecule has 2 aromatic carbocycles. The van der Waals surface area contributed by atoms with Crippen LogP contribution in [0, 0.1) is 5.82 Å². The van der Waals surface area contributed by atoms with Crippen molar-refractivity contribution >= 4 is 57.9 Å². The molecule has 1 saturated heterocycles. The van der Waals surface area contributed by atoms with Crippen LogP contribution in [0.5, 0.6) is 0 Å². The summed E-state index contributed by atoms with van der Waals surface area (Å²) in [6, 6.07) is 8.85. The number of aliphatic carboxylic acids is 1. The molecule has 214 valence electrons. The fourth-order valence-corrected chi connectivity index (χ4v) is 6.60. The van der Waals surface area contributed by atoms with Crippen LogP contribution in [0.1, 0.15) is 72.9 Å². The molecule has 3 aliphatic rings. The van der Waals surface area contributed by atoms with Gasteiger partial charge >= 0.3 is 0 Å². The van der Waals surface area contributed by atoms with E-state index < -0.39 is 28.8 Å². The first-order chi connectivity index (χ1) is 18.4. The van der Waals surface area contributed by atoms with Crippen LogP contribution in [0.25, 0.3) is 0 Å². The molecule has 0 radical (unpaired) electrons. The van der Waals surface area contributed by atoms with E-state index in [1.807, 2.05) is 23.9 Å². The van der Waals surface area contributed by atoms with E-state index in [1.54, 1.807) is 12.1 Å². The summed E-state index contributed by atoms with van der Waals surface area (Å²) >= 11 is 12.3. The van der Waals surface area contributed by atoms with Gasteiger partial charge in [0, 0.05) is 38.9 Å². The minimum absolute atomic E-state index is 0.00550. The molecule has 1 atom stereocenters. The molecule has 2 aromatic rings. The molecule has 1 amide bonds. The Labute approximate surface area is 244 Å². The van der Waals surface area contributed by atoms with Gasteiger partial charge in [-0.25, -0.2) is 4.39 Å². The maximum atomic E-state index is 14.3. The van der Waals surface area contributed by atoms with Gasteiger partial charge in [-0.15, -0.1) is 11.8 Å². The van der Waals surface area contributed by atoms with Gasteiger partial charge in [0.15, 0.2) is 0 Å². The standard InChI is InChI=1S/C22H23Cl2FN2OS.C3H6O2S.C2H4O2/c23-15-8-16(24)10-18(9-15)29-17-3-5-27(6-4-17)12-14-7-21(25)20(22(26)28)11-19(14)13-1-2-13;4-6(5)3-1-2-3;1-2(3)4/h7-11,13,17H,1-6,12H2,(H2,26,28);3H,1-2H2,(H,4,5);1H3,(H,3,4)/p-1. The zero-order valence-corrected chi connectivity index (χ0v) is 24.7. The van der Waals surface area contributed by atoms with Crippen LogP contribution in [0.2, 0.25) is 10.0 Å². The van der Waals surface area contributed by atoms with E-state index in [4.69, 9.17) is 38.8 Å². The average Bonchev–Trinajstić information content (AvgIpc) is 3.73. The Kier molecular flexibility index (Phi) is 12.1. The average molecular weight is 619 g/mol. The van der Waals surface area contributed by atoms with Crippen molar-refractivity contribution in [1.82, 2.24) is 4.90 Å². The Morgan fingerprint density at radius 3 is 2.08 bits per heavy atom. The number of carboxylic acid groups (broad SMARTS) is 1. The zero-order chi connectivity index (χ0) is 28.7. The Balaban J connectivity index is 0.000000355. The summed E-state index contributed by atoms with van der Waals surface area (Å²) in [7, 11) is 0. The van der Waals surface area contributed by atoms with Crippen molar-refractivity contribution in [2.45, 2.75) is 73.3 Å². The van der Waals surface area contributed by atoms with Crippen LogP contribution in [-0.2, 0) is 22.4 Å². The normalized spacial score (nSPS) is 18.3. The number of carbonyl (C=O) groups is 2. The lowest BCUT2D eigenvalue weighted by atomic mass is 9.98. The number of likely N-dealkylation sites (tertiary alicyclic amines) is 1. The third-order valence-electron chi connectivity index (χ3n) is 6.38. The van der Waals surface area contributed by atoms with Crippen LogP contribution in [0.15, 0.2) is 35.2 Å². The number of nitrogens with zero attached hydrogens (tertiary/aromatic N) is 1. The van der Waals surface area contributed by atoms with Crippen molar-refractivity contribution in [3.05, 3.63) is 62.9 Å². The minimum atomic E-state index is -1.76. The number of benzene rings is 2. The van der Waals surface area contributed by atoms with Gasteiger partial charge in [-0.2, -0.15) is 0 Å². The molecule has 0 spiro atoms. The number of piperidine rings is 1. The lowest BCUT2D eigenvalue weighted by Gasteiger charge is -2.32. The fraction of sp³-hybridized carbons (Fsp3) is 0.481. The number of carboxylic acids is 1. The molecule has 0 aromatic heterocycles. The smallest absolute Gasteiger partial charge is 0.300 e. The summed E-state index contributed by atoms with van der Waals surface area (Å²) < 4.78 is 33.9. The molecular formula is C27H32Cl2FN2O5S2-. The molecule has 3 fully saturated rings. The number of halogens is 3. The molecule has 3 N–H and O–H groups in total. The summed E-state index contributed by atoms with van der Waals surface area (Å²) in [5.41, 5.74) is 7.41. The van der Waals surface area contributed by atoms with Gasteiger partial charge in [-0.3, -0.25) is 18.7 Å². The molecule has 0 bridgehead atoms. The largest absolute Gasteiger partial charge is 0.772 e. The number of nitrogens with two attached hydrogens (primary N) is 1. The van der Waals surface area contributed by atoms with Gasteiger partial charge in [0.2, 0.25) is 0 Å². The molecule has 1 aliphatic heterocycles. The van der Waals surface area contributed by atoms with E-state index >= 15 is 0 Å². The van der Waals surface area contributed by atoms with Crippen LogP contribution in [0.4, 0.5) is 4.39 Å². The van der Waals surface area contributed by atoms with Gasteiger partial charge in [-0.05, 0) is 99.0 Å². The van der Waals surface area contributed by atoms with Gasteiger partial charge in [-0.1, -0.05) is 34.3 Å². The van der Waals surface area contributed by atoms with Crippen LogP contribution in [-0.4, -0.2) is 54.2 Å². The maximum Gasteiger partial charge on any atom is 0.300 e. The molecule has 2 saturated carbocycles. The molecule has 12 heteroatoms. The number of primary amides is 1. The zero-order valence-electron chi connectivity index (χ0n) is 21.5. The quantitative estimate of drug-likeness (QED) is 0.366. The highest BCUT2D eigenvalue weighted by atomic mass is 35.5. The number of hydrogen-bond acceptors (Lipinski definition) is 6. The molecule has 1 heterocycles. The molecule has 39 heavy (non-hydrogen) atoms. The molecule has 1 unspecified atom stereocenters. The summed E-state index contributed by atoms with van der Waals surface area (Å²) in [6.07, 6.45) is 6.06. The Morgan fingerprint density at radius 1 is 1.08 bits per heavy atom. The highest BCUT2D eigenvalue weighted by Gasteiger charge is 2.29. The summed E-state index contributed by atoms with van der Waals surface area (Å²) in [4.78, 5) is 24.0. The van der Waals surface area contributed by atoms with E-state index in [0.29, 0.717) is 27.8 Å². The third kappa shape index (κ3) is 11.0. The summed E-state index contributed by atoms with van der Waals surface area (Å²) in [5.74, 6) is -1.61. The van der Waals surface area contributed by atoms with E-state index in [2.05, 4.69) is 4.90 Å². The number of carbonyl (C=O) groups excluding carboxylic acids is 1. The Morgan fingerprint density at radius 2 is 1.64 bits per heavy atom. The minimum Gasteiger partial charge on any atom is -0.772 e. The molecule has 7 nitrogen and oxygen atoms in total. The van der Waals surface area contributed by atoms with E-state index in [9.17, 15) is 17.9 Å². The Hall–Kier alpha value is -1.69. The fourth-order valence-electron chi connectivity index (χ4n) is 4.21. The highest BCUT2D eigenvalue weighted by molar-refractivity contribution is 8.00. The lowest BCUT2D eigenvalue weighted by Crippen LogP contribution is -2.34. The molecule has 2 aliphatic carbocycles. The van der Waals surface area contributed by atoms with Crippen LogP contribution in [0.3, 0.4) is 0 Å². The first-order valence-corrected chi connectivity index (χ1v) is 15.4. The summed E-state index contributed by atoms with van der Waals surface area (Å²) in [6.45, 7) is 3.70. The van der Waals surface area contributed by atoms with Crippen molar-refractivity contribution in [3.8, 4) is 0 Å². The topological polar surface area (TPSA) is 124 Å². The van der Waals surface area contributed by atoms with Crippen molar-refractivity contribution in [2.75, 3.05) is 13.1 Å². The number of thioether (sulfide) groups is 1. The molecular weight excluding hydrogens is 586 g/mol. The second-order valence-corrected chi connectivity index (χ2v) is 13.3. The SMILES string of the molecule is CC(=O)O.NC(=O)c1cc(C2CC2)c(CN2CCC(Sc3cc(Cl)cc(Cl)c3)CC2)cc1F.O=S([O-])C1CC1. The summed E-state index contributed by atoms with van der Waals surface area (Å²) in [5, 5.41) is 9.26. The van der Waals surface area contributed by atoms with Gasteiger partial charge in [0.05, 0.1) is 5.56 Å². The van der Waals surface area contributed by atoms with Crippen LogP contribution < -0.4 is 5.73 Å². The second-order valence-electron chi connectivity index (χ2n) is 9.85. The van der Waals surface area contributed by atoms with E-state index in [1.165, 1.54) is 6.07 Å². The predicted octanol–water partition coefficient (Wildman–Crippen LogP) is 5.98. The third-order valence-corrected chi connectivity index (χ3v) is 9.14. The first-order valence-electron chi connectivity index (χ1n) is 12.7. The van der Waals surface area contributed by atoms with Gasteiger partial charge in [0.25, 0.3) is 11.9 Å². The van der Waals surface area contributed by atoms with E-state index in [0.717, 1.165) is 74.6 Å². The van der Waals surface area contributed by atoms with Crippen molar-refractivity contribution in [2.24, 2.45) is 5.73 Å². The predicted molar refractivity (Wildman–Crippen MR) is 153 cm³/mol. The molecule has 5 rings (SSSR count). The highest BCUT2D eigenvalue weighted by Crippen LogP contribution is 2.43. The monoisotopic (exact) mass is 617 g/mol. The van der Waals surface area contributed by atoms with Crippen molar-refractivity contribution < 1.29 is 27.8 Å². The van der Waals surface area contributed by atoms with Gasteiger partial charge in [0.1, 0.15) is 5.82 Å². The number of hydrogen-bond donors (Lipinski definition) is 2. The lowest BCUT2D eigenvalue weighted by molar-refractivity contribution is -0.134. The number of rotatable bonds is 7. The Bertz CT molecular complexity index is 1180. The van der Waals surface area contributed by atoms with Crippen LogP contribution >= 0.6 is 35.0 Å². The van der Waals surface area contributed by atoms with Gasteiger partial charge < -0.3 is 15.4 Å². The van der Waals surface area contributed by atoms with E-state index in [-0.39, 0.29) is 10.8 Å². The maximum absolute atomic E-state index is 14.3. The second kappa shape index (κ2) is 14.8.